The lowest BCUT2D eigenvalue weighted by molar-refractivity contribution is 0.110. The molecule has 0 saturated heterocycles. The Kier molecular flexibility index (Phi) is 5.77. The number of methoxy groups -OCH3 is 1. The maximum atomic E-state index is 5.01. The van der Waals surface area contributed by atoms with Crippen molar-refractivity contribution in [3.8, 4) is 0 Å². The van der Waals surface area contributed by atoms with E-state index in [9.17, 15) is 0 Å². The largest absolute Gasteiger partial charge is 0.476 e. The molecule has 0 unspecified atom stereocenters. The quantitative estimate of drug-likeness (QED) is 0.329. The third kappa shape index (κ3) is 5.31. The van der Waals surface area contributed by atoms with Gasteiger partial charge in [-0.25, -0.2) is 4.99 Å². The fraction of sp³-hybridized carbons (Fsp3) is 0.571. The molecule has 0 saturated carbocycles. The summed E-state index contributed by atoms with van der Waals surface area (Å²) in [6.07, 6.45) is 1.63. The first kappa shape index (κ1) is 9.17. The first-order valence-corrected chi connectivity index (χ1v) is 3.10. The van der Waals surface area contributed by atoms with Crippen LogP contribution in [0.15, 0.2) is 17.5 Å². The zero-order valence-corrected chi connectivity index (χ0v) is 6.46. The van der Waals surface area contributed by atoms with Gasteiger partial charge in [-0.1, -0.05) is 0 Å². The monoisotopic (exact) mass is 143 g/mol. The fourth-order valence-corrected chi connectivity index (χ4v) is 0.424. The van der Waals surface area contributed by atoms with Crippen molar-refractivity contribution in [3.05, 3.63) is 12.5 Å². The van der Waals surface area contributed by atoms with E-state index in [-0.39, 0.29) is 0 Å². The summed E-state index contributed by atoms with van der Waals surface area (Å²) in [5.74, 6) is 0.430. The van der Waals surface area contributed by atoms with Gasteiger partial charge in [0, 0.05) is 13.3 Å². The Hall–Kier alpha value is -0.830. The zero-order valence-electron chi connectivity index (χ0n) is 6.46. The number of aliphatic imine (C=N–C) groups is 1. The lowest BCUT2D eigenvalue weighted by Gasteiger charge is -2.02. The minimum atomic E-state index is 0.430. The Bertz CT molecular complexity index is 121. The molecule has 0 heterocycles. The summed E-state index contributed by atoms with van der Waals surface area (Å²) in [7, 11) is 1.62. The highest BCUT2D eigenvalue weighted by atomic mass is 16.5. The molecule has 0 atom stereocenters. The van der Waals surface area contributed by atoms with Crippen molar-refractivity contribution in [1.29, 1.82) is 0 Å². The molecule has 0 aromatic rings. The molecule has 0 spiro atoms. The van der Waals surface area contributed by atoms with E-state index in [0.717, 1.165) is 0 Å². The molecule has 0 aliphatic heterocycles. The van der Waals surface area contributed by atoms with Crippen molar-refractivity contribution in [1.82, 2.24) is 0 Å². The highest BCUT2D eigenvalue weighted by molar-refractivity contribution is 5.54. The maximum Gasteiger partial charge on any atom is 0.205 e. The summed E-state index contributed by atoms with van der Waals surface area (Å²) in [5, 5.41) is 0. The lowest BCUT2D eigenvalue weighted by Crippen LogP contribution is -1.99. The molecule has 3 nitrogen and oxygen atoms in total. The van der Waals surface area contributed by atoms with E-state index in [1.54, 1.807) is 13.3 Å². The summed E-state index contributed by atoms with van der Waals surface area (Å²) in [6.45, 7) is 6.43. The van der Waals surface area contributed by atoms with Crippen LogP contribution in [0.3, 0.4) is 0 Å². The number of ether oxygens (including phenoxy) is 2. The Balaban J connectivity index is 3.22. The van der Waals surface area contributed by atoms with E-state index in [4.69, 9.17) is 9.47 Å². The van der Waals surface area contributed by atoms with Gasteiger partial charge in [-0.2, -0.15) is 0 Å². The highest BCUT2D eigenvalue weighted by Crippen LogP contribution is 1.92. The van der Waals surface area contributed by atoms with Crippen LogP contribution in [0.2, 0.25) is 0 Å². The Morgan fingerprint density at radius 3 is 2.80 bits per heavy atom. The van der Waals surface area contributed by atoms with Gasteiger partial charge in [-0.15, -0.1) is 0 Å². The minimum absolute atomic E-state index is 0.430. The summed E-state index contributed by atoms with van der Waals surface area (Å²) in [4.78, 5) is 3.80. The molecule has 0 aromatic heterocycles. The van der Waals surface area contributed by atoms with Gasteiger partial charge in [0.1, 0.15) is 6.61 Å². The Morgan fingerprint density at radius 1 is 1.60 bits per heavy atom. The van der Waals surface area contributed by atoms with Gasteiger partial charge in [-0.3, -0.25) is 0 Å². The predicted molar refractivity (Wildman–Crippen MR) is 41.1 cm³/mol. The topological polar surface area (TPSA) is 30.8 Å². The van der Waals surface area contributed by atoms with E-state index in [1.165, 1.54) is 0 Å². The third-order valence-corrected chi connectivity index (χ3v) is 0.829. The van der Waals surface area contributed by atoms with Gasteiger partial charge >= 0.3 is 0 Å². The van der Waals surface area contributed by atoms with Crippen LogP contribution in [0.25, 0.3) is 0 Å². The molecule has 3 heteroatoms. The van der Waals surface area contributed by atoms with E-state index in [1.807, 2.05) is 6.92 Å². The second-order valence-electron chi connectivity index (χ2n) is 1.62. The molecule has 10 heavy (non-hydrogen) atoms. The van der Waals surface area contributed by atoms with Crippen LogP contribution >= 0.6 is 0 Å². The van der Waals surface area contributed by atoms with Crippen LogP contribution in [0.5, 0.6) is 0 Å². The maximum absolute atomic E-state index is 5.01. The molecule has 0 aliphatic rings. The van der Waals surface area contributed by atoms with E-state index < -0.39 is 0 Å². The summed E-state index contributed by atoms with van der Waals surface area (Å²) in [6, 6.07) is 0. The van der Waals surface area contributed by atoms with Crippen molar-refractivity contribution < 1.29 is 9.47 Å². The number of hydrogen-bond donors (Lipinski definition) is 0. The normalized spacial score (nSPS) is 10.2. The summed E-state index contributed by atoms with van der Waals surface area (Å²) in [5.41, 5.74) is 0. The van der Waals surface area contributed by atoms with Crippen molar-refractivity contribution in [2.45, 2.75) is 6.92 Å². The van der Waals surface area contributed by atoms with Crippen LogP contribution in [-0.2, 0) is 9.47 Å². The SMILES string of the molecule is C=C(N=CC)OCCOC. The molecule has 0 aromatic carbocycles. The molecule has 0 bridgehead atoms. The van der Waals surface area contributed by atoms with Gasteiger partial charge in [0.25, 0.3) is 0 Å². The van der Waals surface area contributed by atoms with Gasteiger partial charge in [-0.05, 0) is 13.5 Å². The van der Waals surface area contributed by atoms with E-state index in [2.05, 4.69) is 11.6 Å². The third-order valence-electron chi connectivity index (χ3n) is 0.829. The molecule has 0 N–H and O–H groups in total. The van der Waals surface area contributed by atoms with Crippen LogP contribution in [-0.4, -0.2) is 26.5 Å². The summed E-state index contributed by atoms with van der Waals surface area (Å²) < 4.78 is 9.76. The highest BCUT2D eigenvalue weighted by Gasteiger charge is 1.87. The van der Waals surface area contributed by atoms with E-state index >= 15 is 0 Å². The smallest absolute Gasteiger partial charge is 0.205 e. The molecule has 0 radical (unpaired) electrons. The van der Waals surface area contributed by atoms with Crippen molar-refractivity contribution in [2.24, 2.45) is 4.99 Å². The van der Waals surface area contributed by atoms with E-state index in [0.29, 0.717) is 19.1 Å². The molecule has 0 fully saturated rings. The summed E-state index contributed by atoms with van der Waals surface area (Å²) >= 11 is 0. The van der Waals surface area contributed by atoms with Gasteiger partial charge < -0.3 is 9.47 Å². The van der Waals surface area contributed by atoms with Crippen LogP contribution in [0.4, 0.5) is 0 Å². The van der Waals surface area contributed by atoms with Crippen molar-refractivity contribution >= 4 is 6.21 Å². The zero-order chi connectivity index (χ0) is 7.82. The number of nitrogens with zero attached hydrogens (tertiary/aromatic N) is 1. The molecular formula is C7H13NO2. The minimum Gasteiger partial charge on any atom is -0.476 e. The average Bonchev–Trinajstić information content (AvgIpc) is 1.89. The molecule has 58 valence electrons. The van der Waals surface area contributed by atoms with Gasteiger partial charge in [0.2, 0.25) is 5.88 Å². The number of hydrogen-bond acceptors (Lipinski definition) is 3. The van der Waals surface area contributed by atoms with Crippen molar-refractivity contribution in [3.63, 3.8) is 0 Å². The van der Waals surface area contributed by atoms with Crippen molar-refractivity contribution in [2.75, 3.05) is 20.3 Å². The second-order valence-corrected chi connectivity index (χ2v) is 1.62. The van der Waals surface area contributed by atoms with Crippen LogP contribution < -0.4 is 0 Å². The molecular weight excluding hydrogens is 130 g/mol. The fourth-order valence-electron chi connectivity index (χ4n) is 0.424. The molecule has 0 rings (SSSR count). The Labute approximate surface area is 61.4 Å². The van der Waals surface area contributed by atoms with Crippen LogP contribution in [0, 0.1) is 0 Å². The predicted octanol–water partition coefficient (Wildman–Crippen LogP) is 1.21. The molecule has 0 aliphatic carbocycles. The standard InChI is InChI=1S/C7H13NO2/c1-4-8-7(2)10-6-5-9-3/h4H,2,5-6H2,1,3H3. The average molecular weight is 143 g/mol. The van der Waals surface area contributed by atoms with Crippen LogP contribution in [0.1, 0.15) is 6.92 Å². The number of rotatable bonds is 5. The lowest BCUT2D eigenvalue weighted by atomic mass is 10.7. The van der Waals surface area contributed by atoms with Gasteiger partial charge in [0.15, 0.2) is 0 Å². The Morgan fingerprint density at radius 2 is 2.30 bits per heavy atom. The van der Waals surface area contributed by atoms with Gasteiger partial charge in [0.05, 0.1) is 6.61 Å². The second kappa shape index (κ2) is 6.29. The molecule has 0 amide bonds. The first-order chi connectivity index (χ1) is 4.81. The first-order valence-electron chi connectivity index (χ1n) is 3.10.